The summed E-state index contributed by atoms with van der Waals surface area (Å²) in [5.41, 5.74) is 0. The quantitative estimate of drug-likeness (QED) is 0.129. The van der Waals surface area contributed by atoms with Crippen LogP contribution in [0.3, 0.4) is 0 Å². The molecule has 0 aliphatic carbocycles. The van der Waals surface area contributed by atoms with Gasteiger partial charge >= 0.3 is 0 Å². The molecule has 0 saturated heterocycles. The molecule has 1 aliphatic heterocycles. The molecule has 0 radical (unpaired) electrons. The van der Waals surface area contributed by atoms with E-state index in [1.807, 2.05) is 0 Å². The molecule has 180 valence electrons. The molecular weight excluding hydrogens is 382 g/mol. The Hall–Kier alpha value is -1.29. The van der Waals surface area contributed by atoms with Crippen LogP contribution in [0.1, 0.15) is 124 Å². The van der Waals surface area contributed by atoms with Gasteiger partial charge in [-0.3, -0.25) is 9.28 Å². The number of hydrogen-bond donors (Lipinski definition) is 2. The number of amides is 1. The molecule has 0 spiro atoms. The lowest BCUT2D eigenvalue weighted by atomic mass is 10.0. The first-order valence-electron chi connectivity index (χ1n) is 13.3. The predicted octanol–water partition coefficient (Wildman–Crippen LogP) is 7.13. The van der Waals surface area contributed by atoms with E-state index < -0.39 is 0 Å². The normalized spacial score (nSPS) is 21.5. The van der Waals surface area contributed by atoms with E-state index in [2.05, 4.69) is 56.0 Å². The van der Waals surface area contributed by atoms with Crippen molar-refractivity contribution in [3.63, 3.8) is 0 Å². The van der Waals surface area contributed by atoms with Crippen molar-refractivity contribution in [2.75, 3.05) is 6.54 Å². The Morgan fingerprint density at radius 2 is 1.48 bits per heavy atom. The number of quaternary nitrogens is 1. The number of nitrogens with zero attached hydrogens (tertiary/aromatic N) is 1. The summed E-state index contributed by atoms with van der Waals surface area (Å²) in [5.74, 6) is 0.0518. The average molecular weight is 435 g/mol. The number of carbonyl (C=O) groups is 1. The van der Waals surface area contributed by atoms with E-state index in [4.69, 9.17) is 0 Å². The van der Waals surface area contributed by atoms with E-state index in [9.17, 15) is 4.79 Å². The highest BCUT2D eigenvalue weighted by atomic mass is 16.1. The molecule has 0 aromatic heterocycles. The minimum Gasteiger partial charge on any atom is -0.338 e. The van der Waals surface area contributed by atoms with Crippen molar-refractivity contribution in [2.24, 2.45) is 0 Å². The van der Waals surface area contributed by atoms with Gasteiger partial charge in [0, 0.05) is 20.3 Å². The molecule has 2 N–H and O–H groups in total. The van der Waals surface area contributed by atoms with Gasteiger partial charge in [-0.25, -0.2) is 0 Å². The van der Waals surface area contributed by atoms with E-state index in [0.717, 1.165) is 17.4 Å². The largest absolute Gasteiger partial charge is 0.338 e. The topological polar surface area (TPSA) is 41.1 Å². The SMILES string of the molecule is CCCCCC/C=C/CCCCCCCCCCC1NC=C[N+]1(CC)C(C)NC(C)=O. The van der Waals surface area contributed by atoms with E-state index in [0.29, 0.717) is 6.17 Å². The summed E-state index contributed by atoms with van der Waals surface area (Å²) in [7, 11) is 0. The molecule has 1 aliphatic rings. The van der Waals surface area contributed by atoms with E-state index in [-0.39, 0.29) is 12.1 Å². The lowest BCUT2D eigenvalue weighted by molar-refractivity contribution is -0.923. The second kappa shape index (κ2) is 17.3. The molecule has 1 rings (SSSR count). The van der Waals surface area contributed by atoms with Crippen LogP contribution < -0.4 is 10.6 Å². The van der Waals surface area contributed by atoms with Gasteiger partial charge in [0.2, 0.25) is 5.91 Å². The second-order valence-electron chi connectivity index (χ2n) is 9.41. The Balaban J connectivity index is 2.02. The molecule has 0 aromatic carbocycles. The fraction of sp³-hybridized carbons (Fsp3) is 0.815. The van der Waals surface area contributed by atoms with Crippen LogP contribution in [0.5, 0.6) is 0 Å². The van der Waals surface area contributed by atoms with Crippen molar-refractivity contribution < 1.29 is 9.28 Å². The van der Waals surface area contributed by atoms with Crippen molar-refractivity contribution in [2.45, 2.75) is 136 Å². The highest BCUT2D eigenvalue weighted by Gasteiger charge is 2.41. The number of carbonyl (C=O) groups excluding carboxylic acids is 1. The molecule has 4 heteroatoms. The Morgan fingerprint density at radius 1 is 0.935 bits per heavy atom. The lowest BCUT2D eigenvalue weighted by Gasteiger charge is -2.41. The van der Waals surface area contributed by atoms with Crippen molar-refractivity contribution in [1.82, 2.24) is 10.6 Å². The summed E-state index contributed by atoms with van der Waals surface area (Å²) in [5, 5.41) is 6.64. The van der Waals surface area contributed by atoms with Crippen LogP contribution in [-0.2, 0) is 4.79 Å². The molecule has 4 nitrogen and oxygen atoms in total. The van der Waals surface area contributed by atoms with Gasteiger partial charge in [-0.15, -0.1) is 0 Å². The zero-order chi connectivity index (χ0) is 22.8. The van der Waals surface area contributed by atoms with Crippen LogP contribution in [0, 0.1) is 0 Å². The first-order valence-corrected chi connectivity index (χ1v) is 13.3. The van der Waals surface area contributed by atoms with Gasteiger partial charge in [-0.1, -0.05) is 76.9 Å². The third-order valence-electron chi connectivity index (χ3n) is 6.89. The summed E-state index contributed by atoms with van der Waals surface area (Å²) in [6.07, 6.45) is 29.6. The number of hydrogen-bond acceptors (Lipinski definition) is 2. The van der Waals surface area contributed by atoms with Gasteiger partial charge in [0.1, 0.15) is 6.20 Å². The maximum atomic E-state index is 11.5. The first-order chi connectivity index (χ1) is 15.1. The molecule has 31 heavy (non-hydrogen) atoms. The Morgan fingerprint density at radius 3 is 2.03 bits per heavy atom. The summed E-state index contributed by atoms with van der Waals surface area (Å²) in [6.45, 7) is 9.21. The lowest BCUT2D eigenvalue weighted by Crippen LogP contribution is -2.62. The maximum Gasteiger partial charge on any atom is 0.221 e. The highest BCUT2D eigenvalue weighted by Crippen LogP contribution is 2.26. The van der Waals surface area contributed by atoms with E-state index in [1.165, 1.54) is 89.9 Å². The molecule has 0 aromatic rings. The number of rotatable bonds is 19. The Kier molecular flexibility index (Phi) is 15.5. The van der Waals surface area contributed by atoms with Crippen LogP contribution in [0.2, 0.25) is 0 Å². The summed E-state index contributed by atoms with van der Waals surface area (Å²) in [4.78, 5) is 11.5. The first kappa shape index (κ1) is 27.7. The summed E-state index contributed by atoms with van der Waals surface area (Å²) >= 11 is 0. The van der Waals surface area contributed by atoms with Gasteiger partial charge in [-0.2, -0.15) is 0 Å². The average Bonchev–Trinajstić information content (AvgIpc) is 3.17. The molecule has 0 saturated carbocycles. The van der Waals surface area contributed by atoms with Gasteiger partial charge in [0.25, 0.3) is 0 Å². The molecule has 1 amide bonds. The van der Waals surface area contributed by atoms with Crippen LogP contribution in [0.25, 0.3) is 0 Å². The third-order valence-corrected chi connectivity index (χ3v) is 6.89. The maximum absolute atomic E-state index is 11.5. The van der Waals surface area contributed by atoms with Gasteiger partial charge in [0.05, 0.1) is 12.7 Å². The molecule has 1 heterocycles. The monoisotopic (exact) mass is 434 g/mol. The van der Waals surface area contributed by atoms with E-state index in [1.54, 1.807) is 6.92 Å². The van der Waals surface area contributed by atoms with Crippen LogP contribution in [0.4, 0.5) is 0 Å². The van der Waals surface area contributed by atoms with Crippen molar-refractivity contribution >= 4 is 5.91 Å². The number of allylic oxidation sites excluding steroid dienone is 2. The zero-order valence-corrected chi connectivity index (χ0v) is 21.1. The molecule has 0 fully saturated rings. The molecule has 0 bridgehead atoms. The minimum atomic E-state index is 0.0518. The third kappa shape index (κ3) is 11.2. The molecule has 3 atom stereocenters. The predicted molar refractivity (Wildman–Crippen MR) is 134 cm³/mol. The number of unbranched alkanes of at least 4 members (excludes halogenated alkanes) is 12. The minimum absolute atomic E-state index is 0.0518. The van der Waals surface area contributed by atoms with E-state index >= 15 is 0 Å². The number of nitrogens with one attached hydrogen (secondary N) is 2. The van der Waals surface area contributed by atoms with Crippen LogP contribution in [-0.4, -0.2) is 29.3 Å². The zero-order valence-electron chi connectivity index (χ0n) is 21.1. The second-order valence-corrected chi connectivity index (χ2v) is 9.41. The van der Waals surface area contributed by atoms with Crippen molar-refractivity contribution in [3.05, 3.63) is 24.6 Å². The smallest absolute Gasteiger partial charge is 0.221 e. The molecular formula is C27H52N3O+. The standard InChI is InChI=1S/C27H51N3O/c1-5-7-8-9-10-11-12-13-14-15-16-17-18-19-20-21-22-27-28-23-24-30(27,6-2)25(3)29-26(4)31/h11-12,23-25,27-28H,5-10,13-22H2,1-4H3/p+1/b12-11+. The molecule has 3 unspecified atom stereocenters. The van der Waals surface area contributed by atoms with Crippen LogP contribution >= 0.6 is 0 Å². The van der Waals surface area contributed by atoms with Gasteiger partial charge in [-0.05, 0) is 39.0 Å². The van der Waals surface area contributed by atoms with Gasteiger partial charge in [0.15, 0.2) is 12.3 Å². The highest BCUT2D eigenvalue weighted by molar-refractivity contribution is 5.72. The van der Waals surface area contributed by atoms with Crippen molar-refractivity contribution in [1.29, 1.82) is 0 Å². The summed E-state index contributed by atoms with van der Waals surface area (Å²) in [6, 6.07) is 0. The van der Waals surface area contributed by atoms with Crippen LogP contribution in [0.15, 0.2) is 24.6 Å². The van der Waals surface area contributed by atoms with Gasteiger partial charge < -0.3 is 10.6 Å². The Bertz CT molecular complexity index is 517. The summed E-state index contributed by atoms with van der Waals surface area (Å²) < 4.78 is 0.812. The fourth-order valence-corrected chi connectivity index (χ4v) is 4.86. The Labute approximate surface area is 193 Å². The fourth-order valence-electron chi connectivity index (χ4n) is 4.86. The van der Waals surface area contributed by atoms with Crippen molar-refractivity contribution in [3.8, 4) is 0 Å².